The number of amides is 1. The maximum Gasteiger partial charge on any atom is 0.406 e. The van der Waals surface area contributed by atoms with Crippen molar-refractivity contribution in [3.8, 4) is 0 Å². The summed E-state index contributed by atoms with van der Waals surface area (Å²) in [7, 11) is 0. The van der Waals surface area contributed by atoms with Crippen LogP contribution in [0.15, 0.2) is 5.16 Å². The first kappa shape index (κ1) is 15.9. The van der Waals surface area contributed by atoms with Crippen LogP contribution in [0.2, 0.25) is 0 Å². The van der Waals surface area contributed by atoms with Crippen LogP contribution in [0.4, 0.5) is 19.1 Å². The molecule has 118 valence electrons. The maximum absolute atomic E-state index is 12.7. The van der Waals surface area contributed by atoms with Crippen LogP contribution in [-0.4, -0.2) is 58.9 Å². The summed E-state index contributed by atoms with van der Waals surface area (Å²) >= 11 is 0.838. The number of alkyl halides is 3. The fourth-order valence-electron chi connectivity index (χ4n) is 1.84. The number of hydrogen-bond acceptors (Lipinski definition) is 6. The van der Waals surface area contributed by atoms with Gasteiger partial charge < -0.3 is 15.4 Å². The minimum Gasteiger partial charge on any atom is -0.378 e. The fraction of sp³-hybridized carbons (Fsp3) is 0.700. The topological polar surface area (TPSA) is 86.3 Å². The van der Waals surface area contributed by atoms with Gasteiger partial charge in [-0.15, -0.1) is 10.2 Å². The second-order valence-corrected chi connectivity index (χ2v) is 5.28. The van der Waals surface area contributed by atoms with Crippen LogP contribution < -0.4 is 10.6 Å². The van der Waals surface area contributed by atoms with Crippen molar-refractivity contribution < 1.29 is 22.7 Å². The van der Waals surface area contributed by atoms with Gasteiger partial charge in [0.05, 0.1) is 19.0 Å². The molecule has 0 atom stereocenters. The normalized spacial score (nSPS) is 16.2. The number of carbonyl (C=O) groups is 1. The number of nitrogens with zero attached hydrogens (tertiary/aromatic N) is 4. The molecule has 1 saturated heterocycles. The number of halogens is 3. The highest BCUT2D eigenvalue weighted by atomic mass is 32.2. The van der Waals surface area contributed by atoms with Crippen LogP contribution >= 0.6 is 11.8 Å². The van der Waals surface area contributed by atoms with Gasteiger partial charge in [-0.05, 0) is 0 Å². The second-order valence-electron chi connectivity index (χ2n) is 4.34. The first-order valence-corrected chi connectivity index (χ1v) is 7.09. The molecule has 0 bridgehead atoms. The zero-order valence-electron chi connectivity index (χ0n) is 11.0. The van der Waals surface area contributed by atoms with E-state index in [2.05, 4.69) is 10.2 Å². The molecule has 2 heterocycles. The first-order chi connectivity index (χ1) is 9.87. The molecule has 0 spiro atoms. The van der Waals surface area contributed by atoms with Crippen molar-refractivity contribution in [1.29, 1.82) is 0 Å². The Bertz CT molecular complexity index is 501. The Kier molecular flexibility index (Phi) is 4.93. The molecule has 1 fully saturated rings. The van der Waals surface area contributed by atoms with E-state index in [-0.39, 0.29) is 16.9 Å². The minimum absolute atomic E-state index is 0.0209. The van der Waals surface area contributed by atoms with E-state index in [1.165, 1.54) is 0 Å². The number of aromatic nitrogens is 3. The van der Waals surface area contributed by atoms with Gasteiger partial charge in [0.1, 0.15) is 6.54 Å². The lowest BCUT2D eigenvalue weighted by molar-refractivity contribution is -0.141. The summed E-state index contributed by atoms with van der Waals surface area (Å²) in [5, 5.41) is 7.57. The van der Waals surface area contributed by atoms with Crippen molar-refractivity contribution in [2.45, 2.75) is 17.9 Å². The van der Waals surface area contributed by atoms with Crippen LogP contribution in [0.1, 0.15) is 0 Å². The molecule has 1 amide bonds. The largest absolute Gasteiger partial charge is 0.406 e. The van der Waals surface area contributed by atoms with Crippen molar-refractivity contribution in [2.75, 3.05) is 37.0 Å². The molecular formula is C10H14F3N5O2S. The molecule has 2 rings (SSSR count). The molecule has 1 aliphatic heterocycles. The number of ether oxygens (including phenoxy) is 1. The van der Waals surface area contributed by atoms with E-state index in [9.17, 15) is 18.0 Å². The number of nitrogens with two attached hydrogens (primary N) is 1. The summed E-state index contributed by atoms with van der Waals surface area (Å²) in [6.07, 6.45) is -4.41. The SMILES string of the molecule is NC(=O)CSc1nnc(N2CCOCC2)n1CC(F)(F)F. The van der Waals surface area contributed by atoms with E-state index in [0.717, 1.165) is 16.3 Å². The zero-order chi connectivity index (χ0) is 15.5. The highest BCUT2D eigenvalue weighted by Gasteiger charge is 2.32. The maximum atomic E-state index is 12.7. The van der Waals surface area contributed by atoms with Crippen LogP contribution in [0.5, 0.6) is 0 Å². The molecule has 1 aromatic rings. The first-order valence-electron chi connectivity index (χ1n) is 6.10. The van der Waals surface area contributed by atoms with E-state index < -0.39 is 18.6 Å². The molecule has 1 aromatic heterocycles. The highest BCUT2D eigenvalue weighted by molar-refractivity contribution is 7.99. The van der Waals surface area contributed by atoms with Crippen molar-refractivity contribution in [2.24, 2.45) is 5.73 Å². The number of hydrogen-bond donors (Lipinski definition) is 1. The summed E-state index contributed by atoms with van der Waals surface area (Å²) in [4.78, 5) is 12.4. The smallest absolute Gasteiger partial charge is 0.378 e. The van der Waals surface area contributed by atoms with Crippen LogP contribution in [0.25, 0.3) is 0 Å². The van der Waals surface area contributed by atoms with Gasteiger partial charge >= 0.3 is 6.18 Å². The number of rotatable bonds is 5. The summed E-state index contributed by atoms with van der Waals surface area (Å²) in [6.45, 7) is 0.506. The van der Waals surface area contributed by atoms with Crippen LogP contribution in [0.3, 0.4) is 0 Å². The summed E-state index contributed by atoms with van der Waals surface area (Å²) in [5.74, 6) is -0.656. The lowest BCUT2D eigenvalue weighted by Gasteiger charge is -2.28. The van der Waals surface area contributed by atoms with Gasteiger partial charge in [0.25, 0.3) is 0 Å². The third-order valence-corrected chi connectivity index (χ3v) is 3.66. The molecule has 0 aliphatic carbocycles. The Morgan fingerprint density at radius 2 is 2.00 bits per heavy atom. The highest BCUT2D eigenvalue weighted by Crippen LogP contribution is 2.27. The molecule has 2 N–H and O–H groups in total. The lowest BCUT2D eigenvalue weighted by atomic mass is 10.4. The Labute approximate surface area is 122 Å². The van der Waals surface area contributed by atoms with E-state index in [1.54, 1.807) is 4.90 Å². The quantitative estimate of drug-likeness (QED) is 0.781. The van der Waals surface area contributed by atoms with Gasteiger partial charge in [-0.1, -0.05) is 11.8 Å². The third kappa shape index (κ3) is 4.49. The monoisotopic (exact) mass is 325 g/mol. The molecule has 11 heteroatoms. The average Bonchev–Trinajstić information content (AvgIpc) is 2.78. The van der Waals surface area contributed by atoms with Crippen molar-refractivity contribution in [3.05, 3.63) is 0 Å². The summed E-state index contributed by atoms with van der Waals surface area (Å²) in [5.41, 5.74) is 5.00. The average molecular weight is 325 g/mol. The van der Waals surface area contributed by atoms with Gasteiger partial charge in [-0.25, -0.2) is 0 Å². The Morgan fingerprint density at radius 3 is 2.57 bits per heavy atom. The van der Waals surface area contributed by atoms with Gasteiger partial charge in [-0.2, -0.15) is 13.2 Å². The Morgan fingerprint density at radius 1 is 1.33 bits per heavy atom. The van der Waals surface area contributed by atoms with Gasteiger partial charge in [0.2, 0.25) is 11.9 Å². The van der Waals surface area contributed by atoms with E-state index in [4.69, 9.17) is 10.5 Å². The molecule has 1 aliphatic rings. The molecule has 7 nitrogen and oxygen atoms in total. The van der Waals surface area contributed by atoms with Gasteiger partial charge in [-0.3, -0.25) is 9.36 Å². The number of thioether (sulfide) groups is 1. The van der Waals surface area contributed by atoms with Gasteiger partial charge in [0, 0.05) is 13.1 Å². The van der Waals surface area contributed by atoms with E-state index >= 15 is 0 Å². The molecule has 0 radical (unpaired) electrons. The van der Waals surface area contributed by atoms with Crippen LogP contribution in [-0.2, 0) is 16.1 Å². The standard InChI is InChI=1S/C10H14F3N5O2S/c11-10(12,13)6-18-8(17-1-3-20-4-2-17)15-16-9(18)21-5-7(14)19/h1-6H2,(H2,14,19). The summed E-state index contributed by atoms with van der Waals surface area (Å²) in [6, 6.07) is 0. The summed E-state index contributed by atoms with van der Waals surface area (Å²) < 4.78 is 44.3. The second kappa shape index (κ2) is 6.52. The van der Waals surface area contributed by atoms with Crippen LogP contribution in [0, 0.1) is 0 Å². The van der Waals surface area contributed by atoms with E-state index in [0.29, 0.717) is 26.3 Å². The Balaban J connectivity index is 2.24. The molecule has 0 saturated carbocycles. The molecular weight excluding hydrogens is 311 g/mol. The van der Waals surface area contributed by atoms with Crippen molar-refractivity contribution in [1.82, 2.24) is 14.8 Å². The van der Waals surface area contributed by atoms with Crippen molar-refractivity contribution >= 4 is 23.6 Å². The number of carbonyl (C=O) groups excluding carboxylic acids is 1. The fourth-order valence-corrected chi connectivity index (χ4v) is 2.51. The predicted octanol–water partition coefficient (Wildman–Crippen LogP) is 0.254. The minimum atomic E-state index is -4.41. The molecule has 0 unspecified atom stereocenters. The molecule has 0 aromatic carbocycles. The Hall–Kier alpha value is -1.49. The number of anilines is 1. The lowest BCUT2D eigenvalue weighted by Crippen LogP contribution is -2.38. The molecule has 21 heavy (non-hydrogen) atoms. The van der Waals surface area contributed by atoms with Gasteiger partial charge in [0.15, 0.2) is 5.16 Å². The third-order valence-electron chi connectivity index (χ3n) is 2.67. The number of primary amides is 1. The van der Waals surface area contributed by atoms with E-state index in [1.807, 2.05) is 0 Å². The zero-order valence-corrected chi connectivity index (χ0v) is 11.8. The number of morpholine rings is 1. The van der Waals surface area contributed by atoms with Crippen molar-refractivity contribution in [3.63, 3.8) is 0 Å². The predicted molar refractivity (Wildman–Crippen MR) is 69.0 cm³/mol.